The van der Waals surface area contributed by atoms with Crippen molar-refractivity contribution < 1.29 is 9.59 Å². The zero-order valence-electron chi connectivity index (χ0n) is 14.5. The van der Waals surface area contributed by atoms with Gasteiger partial charge in [-0.05, 0) is 32.9 Å². The van der Waals surface area contributed by atoms with Gasteiger partial charge in [0, 0.05) is 18.5 Å². The first-order valence-corrected chi connectivity index (χ1v) is 9.19. The second-order valence-electron chi connectivity index (χ2n) is 6.29. The van der Waals surface area contributed by atoms with Crippen LogP contribution in [0.4, 0.5) is 11.4 Å². The van der Waals surface area contributed by atoms with Gasteiger partial charge >= 0.3 is 0 Å². The SMILES string of the molecule is CC(C)n1cnnc1SCC(=O)N1c2ccccc2NC(=O)C[C@H]1C. The van der Waals surface area contributed by atoms with Gasteiger partial charge in [0.15, 0.2) is 5.16 Å². The predicted molar refractivity (Wildman–Crippen MR) is 97.8 cm³/mol. The van der Waals surface area contributed by atoms with Crippen molar-refractivity contribution in [3.05, 3.63) is 30.6 Å². The third-order valence-electron chi connectivity index (χ3n) is 4.05. The number of rotatable bonds is 4. The maximum Gasteiger partial charge on any atom is 0.237 e. The minimum atomic E-state index is -0.209. The van der Waals surface area contributed by atoms with Gasteiger partial charge in [0.05, 0.1) is 17.1 Å². The van der Waals surface area contributed by atoms with Gasteiger partial charge in [-0.2, -0.15) is 0 Å². The molecule has 0 saturated heterocycles. The van der Waals surface area contributed by atoms with Crippen LogP contribution in [-0.4, -0.2) is 38.4 Å². The van der Waals surface area contributed by atoms with Gasteiger partial charge in [0.25, 0.3) is 0 Å². The average Bonchev–Trinajstić information content (AvgIpc) is 2.98. The first kappa shape index (κ1) is 17.5. The summed E-state index contributed by atoms with van der Waals surface area (Å²) in [7, 11) is 0. The molecule has 1 atom stereocenters. The Kier molecular flexibility index (Phi) is 5.08. The van der Waals surface area contributed by atoms with E-state index in [1.54, 1.807) is 11.2 Å². The molecule has 2 aromatic rings. The molecule has 1 aliphatic heterocycles. The van der Waals surface area contributed by atoms with Crippen LogP contribution in [0.1, 0.15) is 33.2 Å². The van der Waals surface area contributed by atoms with Crippen LogP contribution in [0.15, 0.2) is 35.7 Å². The van der Waals surface area contributed by atoms with Crippen LogP contribution in [0, 0.1) is 0 Å². The number of nitrogens with zero attached hydrogens (tertiary/aromatic N) is 4. The van der Waals surface area contributed by atoms with Crippen LogP contribution >= 0.6 is 11.8 Å². The molecule has 2 heterocycles. The molecule has 0 aliphatic carbocycles. The molecule has 0 spiro atoms. The molecule has 1 aromatic heterocycles. The van der Waals surface area contributed by atoms with E-state index in [0.717, 1.165) is 5.69 Å². The Hall–Kier alpha value is -2.35. The minimum absolute atomic E-state index is 0.0558. The molecule has 1 aromatic carbocycles. The Balaban J connectivity index is 1.81. The summed E-state index contributed by atoms with van der Waals surface area (Å²) in [6.45, 7) is 5.97. The lowest BCUT2D eigenvalue weighted by molar-refractivity contribution is -0.117. The molecule has 0 unspecified atom stereocenters. The molecule has 8 heteroatoms. The quantitative estimate of drug-likeness (QED) is 0.849. The second-order valence-corrected chi connectivity index (χ2v) is 7.23. The summed E-state index contributed by atoms with van der Waals surface area (Å²) < 4.78 is 1.93. The highest BCUT2D eigenvalue weighted by Gasteiger charge is 2.29. The van der Waals surface area contributed by atoms with Crippen molar-refractivity contribution in [1.82, 2.24) is 14.8 Å². The van der Waals surface area contributed by atoms with Crippen molar-refractivity contribution in [2.45, 2.75) is 44.4 Å². The number of amides is 2. The number of aromatic nitrogens is 3. The molecule has 7 nitrogen and oxygen atoms in total. The summed E-state index contributed by atoms with van der Waals surface area (Å²) in [6, 6.07) is 7.40. The van der Waals surface area contributed by atoms with Gasteiger partial charge in [-0.3, -0.25) is 9.59 Å². The third kappa shape index (κ3) is 3.68. The third-order valence-corrected chi connectivity index (χ3v) is 4.99. The van der Waals surface area contributed by atoms with E-state index >= 15 is 0 Å². The highest BCUT2D eigenvalue weighted by Crippen LogP contribution is 2.32. The van der Waals surface area contributed by atoms with Crippen LogP contribution in [0.5, 0.6) is 0 Å². The number of hydrogen-bond acceptors (Lipinski definition) is 5. The maximum absolute atomic E-state index is 12.9. The van der Waals surface area contributed by atoms with E-state index < -0.39 is 0 Å². The van der Waals surface area contributed by atoms with Crippen molar-refractivity contribution in [3.63, 3.8) is 0 Å². The molecule has 0 radical (unpaired) electrons. The Bertz CT molecular complexity index is 789. The van der Waals surface area contributed by atoms with Crippen molar-refractivity contribution in [2.75, 3.05) is 16.0 Å². The summed E-state index contributed by atoms with van der Waals surface area (Å²) in [5.41, 5.74) is 1.40. The standard InChI is InChI=1S/C17H21N5O2S/c1-11(2)21-10-18-20-17(21)25-9-16(24)22-12(3)8-15(23)19-13-6-4-5-7-14(13)22/h4-7,10-12H,8-9H2,1-3H3,(H,19,23)/t12-/m1/s1. The number of fused-ring (bicyclic) bond motifs is 1. The predicted octanol–water partition coefficient (Wildman–Crippen LogP) is 2.72. The Morgan fingerprint density at radius 1 is 1.40 bits per heavy atom. The zero-order valence-corrected chi connectivity index (χ0v) is 15.3. The smallest absolute Gasteiger partial charge is 0.237 e. The molecule has 0 fully saturated rings. The largest absolute Gasteiger partial charge is 0.324 e. The van der Waals surface area contributed by atoms with E-state index in [9.17, 15) is 9.59 Å². The fourth-order valence-electron chi connectivity index (χ4n) is 2.85. The number of benzene rings is 1. The lowest BCUT2D eigenvalue weighted by Crippen LogP contribution is -2.40. The number of thioether (sulfide) groups is 1. The van der Waals surface area contributed by atoms with Crippen LogP contribution in [0.2, 0.25) is 0 Å². The van der Waals surface area contributed by atoms with Crippen LogP contribution in [0.25, 0.3) is 0 Å². The first-order valence-electron chi connectivity index (χ1n) is 8.20. The molecule has 132 valence electrons. The van der Waals surface area contributed by atoms with E-state index in [0.29, 0.717) is 10.8 Å². The van der Waals surface area contributed by atoms with Gasteiger partial charge in [-0.25, -0.2) is 0 Å². The van der Waals surface area contributed by atoms with Gasteiger partial charge in [0.1, 0.15) is 6.33 Å². The fourth-order valence-corrected chi connectivity index (χ4v) is 3.76. The molecule has 0 bridgehead atoms. The van der Waals surface area contributed by atoms with E-state index in [2.05, 4.69) is 15.5 Å². The monoisotopic (exact) mass is 359 g/mol. The summed E-state index contributed by atoms with van der Waals surface area (Å²) in [6.07, 6.45) is 1.94. The number of nitrogens with one attached hydrogen (secondary N) is 1. The number of hydrogen-bond donors (Lipinski definition) is 1. The van der Waals surface area contributed by atoms with Crippen LogP contribution in [0.3, 0.4) is 0 Å². The number of carbonyl (C=O) groups excluding carboxylic acids is 2. The van der Waals surface area contributed by atoms with Crippen molar-refractivity contribution in [2.24, 2.45) is 0 Å². The number of anilines is 2. The highest BCUT2D eigenvalue weighted by molar-refractivity contribution is 7.99. The van der Waals surface area contributed by atoms with E-state index in [1.165, 1.54) is 11.8 Å². The van der Waals surface area contributed by atoms with E-state index in [-0.39, 0.29) is 36.1 Å². The van der Waals surface area contributed by atoms with Gasteiger partial charge in [-0.15, -0.1) is 10.2 Å². The summed E-state index contributed by atoms with van der Waals surface area (Å²) in [5.74, 6) is 0.0976. The maximum atomic E-state index is 12.9. The Morgan fingerprint density at radius 2 is 2.16 bits per heavy atom. The molecule has 1 aliphatic rings. The summed E-state index contributed by atoms with van der Waals surface area (Å²) >= 11 is 1.36. The molecule has 25 heavy (non-hydrogen) atoms. The molecular weight excluding hydrogens is 338 g/mol. The normalized spacial score (nSPS) is 17.2. The fraction of sp³-hybridized carbons (Fsp3) is 0.412. The zero-order chi connectivity index (χ0) is 18.0. The van der Waals surface area contributed by atoms with Crippen LogP contribution < -0.4 is 10.2 Å². The van der Waals surface area contributed by atoms with Gasteiger partial charge < -0.3 is 14.8 Å². The molecule has 0 saturated carbocycles. The topological polar surface area (TPSA) is 80.1 Å². The van der Waals surface area contributed by atoms with Gasteiger partial charge in [0.2, 0.25) is 11.8 Å². The number of carbonyl (C=O) groups is 2. The molecular formula is C17H21N5O2S. The Morgan fingerprint density at radius 3 is 2.92 bits per heavy atom. The molecule has 3 rings (SSSR count). The van der Waals surface area contributed by atoms with Crippen molar-refractivity contribution in [3.8, 4) is 0 Å². The van der Waals surface area contributed by atoms with Gasteiger partial charge in [-0.1, -0.05) is 23.9 Å². The lowest BCUT2D eigenvalue weighted by atomic mass is 10.2. The van der Waals surface area contributed by atoms with E-state index in [4.69, 9.17) is 0 Å². The highest BCUT2D eigenvalue weighted by atomic mass is 32.2. The van der Waals surface area contributed by atoms with Crippen molar-refractivity contribution in [1.29, 1.82) is 0 Å². The summed E-state index contributed by atoms with van der Waals surface area (Å²) in [4.78, 5) is 26.6. The molecule has 1 N–H and O–H groups in total. The number of para-hydroxylation sites is 2. The second kappa shape index (κ2) is 7.26. The van der Waals surface area contributed by atoms with Crippen molar-refractivity contribution >= 4 is 35.0 Å². The van der Waals surface area contributed by atoms with Crippen LogP contribution in [-0.2, 0) is 9.59 Å². The first-order chi connectivity index (χ1) is 12.0. The summed E-state index contributed by atoms with van der Waals surface area (Å²) in [5, 5.41) is 11.6. The lowest BCUT2D eigenvalue weighted by Gasteiger charge is -2.27. The molecule has 2 amide bonds. The van der Waals surface area contributed by atoms with E-state index in [1.807, 2.05) is 49.6 Å². The Labute approximate surface area is 150 Å². The average molecular weight is 359 g/mol. The minimum Gasteiger partial charge on any atom is -0.324 e.